The molecule has 0 saturated heterocycles. The predicted molar refractivity (Wildman–Crippen MR) is 95.4 cm³/mol. The minimum Gasteiger partial charge on any atom is -0.496 e. The van der Waals surface area contributed by atoms with Gasteiger partial charge in [0, 0.05) is 26.2 Å². The van der Waals surface area contributed by atoms with Crippen molar-refractivity contribution in [1.29, 1.82) is 0 Å². The van der Waals surface area contributed by atoms with E-state index in [2.05, 4.69) is 34.5 Å². The molecule has 0 bridgehead atoms. The number of fused-ring (bicyclic) bond motifs is 1. The van der Waals surface area contributed by atoms with Crippen molar-refractivity contribution < 1.29 is 9.53 Å². The molecule has 0 saturated carbocycles. The average Bonchev–Trinajstić information content (AvgIpc) is 2.65. The summed E-state index contributed by atoms with van der Waals surface area (Å²) < 4.78 is 5.23. The smallest absolute Gasteiger partial charge is 0.255 e. The van der Waals surface area contributed by atoms with E-state index < -0.39 is 0 Å². The van der Waals surface area contributed by atoms with Crippen molar-refractivity contribution in [2.24, 2.45) is 0 Å². The molecule has 0 fully saturated rings. The van der Waals surface area contributed by atoms with E-state index in [-0.39, 0.29) is 5.91 Å². The van der Waals surface area contributed by atoms with Crippen LogP contribution in [0, 0.1) is 0 Å². The zero-order valence-corrected chi connectivity index (χ0v) is 14.1. The fraction of sp³-hybridized carbons (Fsp3) is 0.350. The Morgan fingerprint density at radius 3 is 2.71 bits per heavy atom. The molecule has 1 N–H and O–H groups in total. The summed E-state index contributed by atoms with van der Waals surface area (Å²) in [6.07, 6.45) is 2.06. The molecular weight excluding hydrogens is 300 g/mol. The minimum atomic E-state index is -0.0727. The molecule has 3 rings (SSSR count). The van der Waals surface area contributed by atoms with Crippen molar-refractivity contribution in [2.75, 3.05) is 26.7 Å². The second kappa shape index (κ2) is 7.97. The fourth-order valence-corrected chi connectivity index (χ4v) is 3.18. The Morgan fingerprint density at radius 2 is 1.88 bits per heavy atom. The maximum atomic E-state index is 12.2. The number of carbonyl (C=O) groups is 1. The highest BCUT2D eigenvalue weighted by Gasteiger charge is 2.15. The molecule has 4 nitrogen and oxygen atoms in total. The molecular formula is C20H24N2O2. The molecule has 0 radical (unpaired) electrons. The summed E-state index contributed by atoms with van der Waals surface area (Å²) in [6, 6.07) is 16.0. The van der Waals surface area contributed by atoms with Crippen LogP contribution in [-0.2, 0) is 13.0 Å². The number of benzene rings is 2. The van der Waals surface area contributed by atoms with Gasteiger partial charge in [-0.05, 0) is 36.1 Å². The second-order valence-electron chi connectivity index (χ2n) is 6.10. The zero-order chi connectivity index (χ0) is 16.8. The van der Waals surface area contributed by atoms with Crippen LogP contribution in [0.4, 0.5) is 0 Å². The molecule has 0 aliphatic carbocycles. The molecule has 0 atom stereocenters. The van der Waals surface area contributed by atoms with Crippen LogP contribution in [0.2, 0.25) is 0 Å². The molecule has 1 aliphatic heterocycles. The van der Waals surface area contributed by atoms with Crippen molar-refractivity contribution in [2.45, 2.75) is 19.4 Å². The molecule has 1 amide bonds. The lowest BCUT2D eigenvalue weighted by molar-refractivity contribution is 0.0948. The lowest BCUT2D eigenvalue weighted by atomic mass is 10.00. The molecule has 1 heterocycles. The SMILES string of the molecule is COc1ccccc1C(=O)NCCCN1CCc2ccccc2C1. The fourth-order valence-electron chi connectivity index (χ4n) is 3.18. The van der Waals surface area contributed by atoms with Crippen LogP contribution in [0.15, 0.2) is 48.5 Å². The van der Waals surface area contributed by atoms with Crippen molar-refractivity contribution in [3.8, 4) is 5.75 Å². The number of amides is 1. The summed E-state index contributed by atoms with van der Waals surface area (Å²) in [7, 11) is 1.58. The van der Waals surface area contributed by atoms with Crippen LogP contribution >= 0.6 is 0 Å². The van der Waals surface area contributed by atoms with Crippen molar-refractivity contribution in [3.63, 3.8) is 0 Å². The normalized spacial score (nSPS) is 14.0. The van der Waals surface area contributed by atoms with E-state index in [1.165, 1.54) is 11.1 Å². The van der Waals surface area contributed by atoms with Gasteiger partial charge in [0.15, 0.2) is 0 Å². The minimum absolute atomic E-state index is 0.0727. The zero-order valence-electron chi connectivity index (χ0n) is 14.1. The molecule has 2 aromatic carbocycles. The van der Waals surface area contributed by atoms with Gasteiger partial charge in [-0.2, -0.15) is 0 Å². The number of carbonyl (C=O) groups excluding carboxylic acids is 1. The number of para-hydroxylation sites is 1. The van der Waals surface area contributed by atoms with Gasteiger partial charge < -0.3 is 10.1 Å². The van der Waals surface area contributed by atoms with Gasteiger partial charge in [0.2, 0.25) is 0 Å². The van der Waals surface area contributed by atoms with Crippen LogP contribution in [0.5, 0.6) is 5.75 Å². The van der Waals surface area contributed by atoms with E-state index in [1.807, 2.05) is 12.1 Å². The number of ether oxygens (including phenoxy) is 1. The van der Waals surface area contributed by atoms with Gasteiger partial charge in [0.1, 0.15) is 5.75 Å². The lowest BCUT2D eigenvalue weighted by Crippen LogP contribution is -2.33. The number of hydrogen-bond donors (Lipinski definition) is 1. The van der Waals surface area contributed by atoms with Crippen LogP contribution < -0.4 is 10.1 Å². The standard InChI is InChI=1S/C20H24N2O2/c1-24-19-10-5-4-9-18(19)20(23)21-12-6-13-22-14-11-16-7-2-3-8-17(16)15-22/h2-5,7-10H,6,11-15H2,1H3,(H,21,23). The summed E-state index contributed by atoms with van der Waals surface area (Å²) >= 11 is 0. The van der Waals surface area contributed by atoms with E-state index in [9.17, 15) is 4.79 Å². The first kappa shape index (κ1) is 16.5. The highest BCUT2D eigenvalue weighted by molar-refractivity contribution is 5.96. The van der Waals surface area contributed by atoms with E-state index in [1.54, 1.807) is 19.2 Å². The van der Waals surface area contributed by atoms with Gasteiger partial charge in [-0.1, -0.05) is 36.4 Å². The van der Waals surface area contributed by atoms with Crippen molar-refractivity contribution in [3.05, 3.63) is 65.2 Å². The molecule has 4 heteroatoms. The van der Waals surface area contributed by atoms with Gasteiger partial charge >= 0.3 is 0 Å². The summed E-state index contributed by atoms with van der Waals surface area (Å²) in [5, 5.41) is 2.99. The first-order valence-corrected chi connectivity index (χ1v) is 8.48. The van der Waals surface area contributed by atoms with Crippen LogP contribution in [0.3, 0.4) is 0 Å². The molecule has 24 heavy (non-hydrogen) atoms. The number of nitrogens with zero attached hydrogens (tertiary/aromatic N) is 1. The third kappa shape index (κ3) is 3.95. The van der Waals surface area contributed by atoms with E-state index in [0.29, 0.717) is 17.9 Å². The monoisotopic (exact) mass is 324 g/mol. The van der Waals surface area contributed by atoms with Crippen LogP contribution in [0.1, 0.15) is 27.9 Å². The van der Waals surface area contributed by atoms with Gasteiger partial charge in [-0.3, -0.25) is 9.69 Å². The maximum Gasteiger partial charge on any atom is 0.255 e. The summed E-state index contributed by atoms with van der Waals surface area (Å²) in [4.78, 5) is 14.7. The maximum absolute atomic E-state index is 12.2. The number of nitrogens with one attached hydrogen (secondary N) is 1. The molecule has 126 valence electrons. The second-order valence-corrected chi connectivity index (χ2v) is 6.10. The third-order valence-corrected chi connectivity index (χ3v) is 4.50. The van der Waals surface area contributed by atoms with Crippen molar-refractivity contribution >= 4 is 5.91 Å². The van der Waals surface area contributed by atoms with Gasteiger partial charge in [-0.15, -0.1) is 0 Å². The lowest BCUT2D eigenvalue weighted by Gasteiger charge is -2.28. The Labute approximate surface area is 143 Å². The molecule has 1 aliphatic rings. The Kier molecular flexibility index (Phi) is 5.49. The van der Waals surface area contributed by atoms with Gasteiger partial charge in [-0.25, -0.2) is 0 Å². The summed E-state index contributed by atoms with van der Waals surface area (Å²) in [5.74, 6) is 0.541. The Hall–Kier alpha value is -2.33. The highest BCUT2D eigenvalue weighted by Crippen LogP contribution is 2.19. The quantitative estimate of drug-likeness (QED) is 0.831. The number of hydrogen-bond acceptors (Lipinski definition) is 3. The number of methoxy groups -OCH3 is 1. The largest absolute Gasteiger partial charge is 0.496 e. The Morgan fingerprint density at radius 1 is 1.12 bits per heavy atom. The molecule has 0 unspecified atom stereocenters. The molecule has 2 aromatic rings. The number of rotatable bonds is 6. The van der Waals surface area contributed by atoms with Crippen molar-refractivity contribution in [1.82, 2.24) is 10.2 Å². The van der Waals surface area contributed by atoms with E-state index in [4.69, 9.17) is 4.74 Å². The van der Waals surface area contributed by atoms with Gasteiger partial charge in [0.25, 0.3) is 5.91 Å². The first-order chi connectivity index (χ1) is 11.8. The van der Waals surface area contributed by atoms with Crippen LogP contribution in [-0.4, -0.2) is 37.6 Å². The van der Waals surface area contributed by atoms with E-state index in [0.717, 1.165) is 32.5 Å². The Bertz CT molecular complexity index is 700. The average molecular weight is 324 g/mol. The van der Waals surface area contributed by atoms with E-state index >= 15 is 0 Å². The topological polar surface area (TPSA) is 41.6 Å². The highest BCUT2D eigenvalue weighted by atomic mass is 16.5. The molecule has 0 aromatic heterocycles. The van der Waals surface area contributed by atoms with Gasteiger partial charge in [0.05, 0.1) is 12.7 Å². The Balaban J connectivity index is 1.44. The molecule has 0 spiro atoms. The third-order valence-electron chi connectivity index (χ3n) is 4.50. The predicted octanol–water partition coefficient (Wildman–Crippen LogP) is 2.87. The van der Waals surface area contributed by atoms with Crippen LogP contribution in [0.25, 0.3) is 0 Å². The summed E-state index contributed by atoms with van der Waals surface area (Å²) in [6.45, 7) is 3.78. The first-order valence-electron chi connectivity index (χ1n) is 8.48. The summed E-state index contributed by atoms with van der Waals surface area (Å²) in [5.41, 5.74) is 3.49.